The molecule has 26 heavy (non-hydrogen) atoms. The predicted molar refractivity (Wildman–Crippen MR) is 92.2 cm³/mol. The maximum absolute atomic E-state index is 13.2. The van der Waals surface area contributed by atoms with Crippen molar-refractivity contribution in [3.63, 3.8) is 0 Å². The van der Waals surface area contributed by atoms with Gasteiger partial charge in [0, 0.05) is 11.6 Å². The molecule has 0 aliphatic carbocycles. The first-order valence-corrected chi connectivity index (χ1v) is 7.56. The summed E-state index contributed by atoms with van der Waals surface area (Å²) in [5.74, 6) is 2.48. The quantitative estimate of drug-likeness (QED) is 0.731. The molecular weight excluding hydrogens is 345 g/mol. The van der Waals surface area contributed by atoms with Crippen molar-refractivity contribution in [2.45, 2.75) is 13.1 Å². The third-order valence-electron chi connectivity index (χ3n) is 3.80. The van der Waals surface area contributed by atoms with E-state index in [-0.39, 0.29) is 17.9 Å². The number of hydrogen-bond acceptors (Lipinski definition) is 4. The van der Waals surface area contributed by atoms with E-state index in [1.807, 2.05) is 0 Å². The number of terminal acetylenes is 1. The molecule has 2 heterocycles. The molecule has 0 aliphatic rings. The summed E-state index contributed by atoms with van der Waals surface area (Å²) in [4.78, 5) is 20.6. The van der Waals surface area contributed by atoms with E-state index in [4.69, 9.17) is 6.42 Å². The van der Waals surface area contributed by atoms with Crippen molar-refractivity contribution in [1.82, 2.24) is 14.5 Å². The SMILES string of the molecule is C#CCNc1nc(=O)n(-c2cccnc2C)c2cc(C(F)(F)F)ccc12. The van der Waals surface area contributed by atoms with Crippen molar-refractivity contribution in [3.05, 3.63) is 58.3 Å². The summed E-state index contributed by atoms with van der Waals surface area (Å²) in [7, 11) is 0. The van der Waals surface area contributed by atoms with Crippen LogP contribution in [0.15, 0.2) is 41.3 Å². The monoisotopic (exact) mass is 358 g/mol. The van der Waals surface area contributed by atoms with Crippen LogP contribution in [0.5, 0.6) is 0 Å². The Balaban J connectivity index is 2.40. The van der Waals surface area contributed by atoms with Gasteiger partial charge in [-0.25, -0.2) is 4.79 Å². The maximum Gasteiger partial charge on any atom is 0.416 e. The van der Waals surface area contributed by atoms with Gasteiger partial charge in [-0.3, -0.25) is 9.55 Å². The summed E-state index contributed by atoms with van der Waals surface area (Å²) in [6.07, 6.45) is 2.18. The lowest BCUT2D eigenvalue weighted by molar-refractivity contribution is -0.137. The highest BCUT2D eigenvalue weighted by molar-refractivity contribution is 5.91. The zero-order chi connectivity index (χ0) is 18.9. The number of pyridine rings is 1. The second-order valence-corrected chi connectivity index (χ2v) is 5.47. The van der Waals surface area contributed by atoms with Crippen LogP contribution in [-0.4, -0.2) is 21.1 Å². The highest BCUT2D eigenvalue weighted by Crippen LogP contribution is 2.33. The van der Waals surface area contributed by atoms with Gasteiger partial charge in [0.05, 0.1) is 29.0 Å². The lowest BCUT2D eigenvalue weighted by atomic mass is 10.1. The van der Waals surface area contributed by atoms with E-state index in [9.17, 15) is 18.0 Å². The summed E-state index contributed by atoms with van der Waals surface area (Å²) < 4.78 is 40.6. The lowest BCUT2D eigenvalue weighted by Gasteiger charge is -2.16. The van der Waals surface area contributed by atoms with E-state index < -0.39 is 17.4 Å². The molecule has 0 spiro atoms. The van der Waals surface area contributed by atoms with Gasteiger partial charge in [-0.2, -0.15) is 18.2 Å². The molecule has 0 bridgehead atoms. The van der Waals surface area contributed by atoms with Crippen LogP contribution < -0.4 is 11.0 Å². The molecule has 5 nitrogen and oxygen atoms in total. The smallest absolute Gasteiger partial charge is 0.358 e. The van der Waals surface area contributed by atoms with Gasteiger partial charge in [-0.15, -0.1) is 6.42 Å². The fraction of sp³-hybridized carbons (Fsp3) is 0.167. The summed E-state index contributed by atoms with van der Waals surface area (Å²) in [5, 5.41) is 3.12. The number of rotatable bonds is 3. The molecular formula is C18H13F3N4O. The van der Waals surface area contributed by atoms with Gasteiger partial charge >= 0.3 is 11.9 Å². The zero-order valence-electron chi connectivity index (χ0n) is 13.6. The number of benzene rings is 1. The fourth-order valence-corrected chi connectivity index (χ4v) is 2.62. The highest BCUT2D eigenvalue weighted by atomic mass is 19.4. The first-order chi connectivity index (χ1) is 12.3. The van der Waals surface area contributed by atoms with Crippen molar-refractivity contribution in [3.8, 4) is 18.0 Å². The van der Waals surface area contributed by atoms with Gasteiger partial charge in [0.15, 0.2) is 0 Å². The number of aryl methyl sites for hydroxylation is 1. The van der Waals surface area contributed by atoms with E-state index in [2.05, 4.69) is 21.2 Å². The molecule has 1 aromatic carbocycles. The summed E-state index contributed by atoms with van der Waals surface area (Å²) in [5.41, 5.74) is -0.686. The minimum atomic E-state index is -4.55. The third kappa shape index (κ3) is 3.11. The van der Waals surface area contributed by atoms with Crippen molar-refractivity contribution in [1.29, 1.82) is 0 Å². The Labute approximate surface area is 146 Å². The Hall–Kier alpha value is -3.34. The van der Waals surface area contributed by atoms with Crippen LogP contribution in [0.4, 0.5) is 19.0 Å². The summed E-state index contributed by atoms with van der Waals surface area (Å²) in [6, 6.07) is 6.33. The Morgan fingerprint density at radius 2 is 2.08 bits per heavy atom. The van der Waals surface area contributed by atoms with E-state index in [1.54, 1.807) is 19.1 Å². The van der Waals surface area contributed by atoms with E-state index in [1.165, 1.54) is 12.3 Å². The molecule has 0 atom stereocenters. The number of alkyl halides is 3. The van der Waals surface area contributed by atoms with Crippen LogP contribution in [0.2, 0.25) is 0 Å². The van der Waals surface area contributed by atoms with Crippen molar-refractivity contribution in [2.24, 2.45) is 0 Å². The van der Waals surface area contributed by atoms with Gasteiger partial charge in [-0.05, 0) is 37.3 Å². The highest BCUT2D eigenvalue weighted by Gasteiger charge is 2.31. The first-order valence-electron chi connectivity index (χ1n) is 7.56. The predicted octanol–water partition coefficient (Wildman–Crippen LogP) is 3.15. The number of aromatic nitrogens is 3. The number of fused-ring (bicyclic) bond motifs is 1. The molecule has 2 aromatic heterocycles. The second-order valence-electron chi connectivity index (χ2n) is 5.47. The molecule has 0 saturated heterocycles. The maximum atomic E-state index is 13.2. The van der Waals surface area contributed by atoms with Crippen LogP contribution >= 0.6 is 0 Å². The molecule has 8 heteroatoms. The van der Waals surface area contributed by atoms with Crippen LogP contribution in [0.25, 0.3) is 16.6 Å². The standard InChI is InChI=1S/C18H13F3N4O/c1-3-8-23-16-13-7-6-12(18(19,20)21)10-15(13)25(17(26)24-16)14-5-4-9-22-11(14)2/h1,4-7,9-10H,8H2,2H3,(H,23,24,26). The van der Waals surface area contributed by atoms with Crippen LogP contribution in [0.3, 0.4) is 0 Å². The lowest BCUT2D eigenvalue weighted by Crippen LogP contribution is -2.25. The van der Waals surface area contributed by atoms with Crippen LogP contribution in [0, 0.1) is 19.3 Å². The van der Waals surface area contributed by atoms with Gasteiger partial charge in [0.2, 0.25) is 0 Å². The zero-order valence-corrected chi connectivity index (χ0v) is 13.6. The molecule has 3 aromatic rings. The molecule has 0 saturated carbocycles. The summed E-state index contributed by atoms with van der Waals surface area (Å²) >= 11 is 0. The topological polar surface area (TPSA) is 59.8 Å². The van der Waals surface area contributed by atoms with E-state index in [0.717, 1.165) is 16.7 Å². The number of nitrogens with zero attached hydrogens (tertiary/aromatic N) is 3. The van der Waals surface area contributed by atoms with Gasteiger partial charge < -0.3 is 5.32 Å². The first kappa shape index (κ1) is 17.5. The molecule has 1 N–H and O–H groups in total. The minimum absolute atomic E-state index is 0.0652. The molecule has 132 valence electrons. The molecule has 0 unspecified atom stereocenters. The molecule has 3 rings (SSSR count). The second kappa shape index (κ2) is 6.52. The Kier molecular flexibility index (Phi) is 4.38. The van der Waals surface area contributed by atoms with Crippen molar-refractivity contribution >= 4 is 16.7 Å². The largest absolute Gasteiger partial charge is 0.416 e. The van der Waals surface area contributed by atoms with E-state index in [0.29, 0.717) is 16.8 Å². The van der Waals surface area contributed by atoms with Gasteiger partial charge in [0.25, 0.3) is 0 Å². The molecule has 0 radical (unpaired) electrons. The average molecular weight is 358 g/mol. The Bertz CT molecular complexity index is 1080. The van der Waals surface area contributed by atoms with Crippen LogP contribution in [0.1, 0.15) is 11.3 Å². The Morgan fingerprint density at radius 3 is 2.73 bits per heavy atom. The van der Waals surface area contributed by atoms with Gasteiger partial charge in [-0.1, -0.05) is 5.92 Å². The van der Waals surface area contributed by atoms with Crippen molar-refractivity contribution in [2.75, 3.05) is 11.9 Å². The number of halogens is 3. The molecule has 0 amide bonds. The number of nitrogens with one attached hydrogen (secondary N) is 1. The number of hydrogen-bond donors (Lipinski definition) is 1. The number of anilines is 1. The summed E-state index contributed by atoms with van der Waals surface area (Å²) in [6.45, 7) is 1.74. The Morgan fingerprint density at radius 1 is 1.31 bits per heavy atom. The van der Waals surface area contributed by atoms with Crippen LogP contribution in [-0.2, 0) is 6.18 Å². The van der Waals surface area contributed by atoms with Gasteiger partial charge in [0.1, 0.15) is 5.82 Å². The minimum Gasteiger partial charge on any atom is -0.358 e. The third-order valence-corrected chi connectivity index (χ3v) is 3.80. The van der Waals surface area contributed by atoms with E-state index >= 15 is 0 Å². The molecule has 0 aliphatic heterocycles. The fourth-order valence-electron chi connectivity index (χ4n) is 2.62. The average Bonchev–Trinajstić information content (AvgIpc) is 2.59. The van der Waals surface area contributed by atoms with Crippen molar-refractivity contribution < 1.29 is 13.2 Å². The normalized spacial score (nSPS) is 11.3. The molecule has 0 fully saturated rings.